The van der Waals surface area contributed by atoms with Gasteiger partial charge >= 0.3 is 0 Å². The lowest BCUT2D eigenvalue weighted by Gasteiger charge is -2.15. The molecule has 3 aromatic heterocycles. The molecule has 0 atom stereocenters. The van der Waals surface area contributed by atoms with Crippen molar-refractivity contribution >= 4 is 39.2 Å². The maximum Gasteiger partial charge on any atom is 0.273 e. The predicted octanol–water partition coefficient (Wildman–Crippen LogP) is 1.16. The highest BCUT2D eigenvalue weighted by Crippen LogP contribution is 2.36. The van der Waals surface area contributed by atoms with Gasteiger partial charge in [-0.25, -0.2) is 13.4 Å². The lowest BCUT2D eigenvalue weighted by molar-refractivity contribution is -0.116. The van der Waals surface area contributed by atoms with Crippen LogP contribution in [0, 0.1) is 5.92 Å². The third-order valence-corrected chi connectivity index (χ3v) is 6.82. The largest absolute Gasteiger partial charge is 0.492 e. The number of pyridine rings is 1. The SMILES string of the molecule is [2H]C([2H])([2H])NC(=O)c1nnc(NC(=O)CC2CC2)cc1Nc1nccc(-c2noc(CN(C)S(C)(=O)=O)n2)c1OC. The number of nitrogens with zero attached hydrogens (tertiary/aromatic N) is 6. The quantitative estimate of drug-likeness (QED) is 0.310. The Morgan fingerprint density at radius 3 is 2.79 bits per heavy atom. The molecule has 4 rings (SSSR count). The Hall–Kier alpha value is -4.18. The molecule has 0 radical (unpaired) electrons. The van der Waals surface area contributed by atoms with E-state index < -0.39 is 22.9 Å². The van der Waals surface area contributed by atoms with Crippen molar-refractivity contribution in [1.29, 1.82) is 0 Å². The molecule has 1 saturated carbocycles. The second-order valence-corrected chi connectivity index (χ2v) is 10.6. The highest BCUT2D eigenvalue weighted by Gasteiger charge is 2.25. The van der Waals surface area contributed by atoms with E-state index >= 15 is 0 Å². The van der Waals surface area contributed by atoms with Gasteiger partial charge in [0, 0.05) is 36.8 Å². The van der Waals surface area contributed by atoms with Crippen molar-refractivity contribution in [1.82, 2.24) is 34.9 Å². The predicted molar refractivity (Wildman–Crippen MR) is 135 cm³/mol. The van der Waals surface area contributed by atoms with Gasteiger partial charge < -0.3 is 25.2 Å². The molecule has 3 heterocycles. The van der Waals surface area contributed by atoms with E-state index in [4.69, 9.17) is 13.4 Å². The number of sulfonamides is 1. The number of rotatable bonds is 11. The minimum atomic E-state index is -3.49. The lowest BCUT2D eigenvalue weighted by Crippen LogP contribution is -2.25. The molecule has 0 saturated heterocycles. The van der Waals surface area contributed by atoms with Crippen LogP contribution in [-0.4, -0.2) is 77.2 Å². The van der Waals surface area contributed by atoms with Gasteiger partial charge in [-0.05, 0) is 24.8 Å². The van der Waals surface area contributed by atoms with Gasteiger partial charge in [-0.1, -0.05) is 5.16 Å². The Balaban J connectivity index is 1.66. The van der Waals surface area contributed by atoms with Gasteiger partial charge in [-0.2, -0.15) is 9.29 Å². The molecule has 1 fully saturated rings. The number of ether oxygens (including phenoxy) is 1. The molecule has 3 N–H and O–H groups in total. The molecule has 2 amide bonds. The molecule has 0 unspecified atom stereocenters. The second-order valence-electron chi connectivity index (χ2n) is 8.54. The molecule has 38 heavy (non-hydrogen) atoms. The summed E-state index contributed by atoms with van der Waals surface area (Å²) in [5.74, 6) is -0.746. The Kier molecular flexibility index (Phi) is 6.69. The number of carbonyl (C=O) groups excluding carboxylic acids is 2. The molecule has 3 aromatic rings. The van der Waals surface area contributed by atoms with Crippen LogP contribution in [0.25, 0.3) is 11.4 Å². The maximum absolute atomic E-state index is 12.7. The molecule has 1 aliphatic rings. The maximum atomic E-state index is 12.7. The van der Waals surface area contributed by atoms with Gasteiger partial charge in [0.25, 0.3) is 5.91 Å². The van der Waals surface area contributed by atoms with E-state index in [1.165, 1.54) is 32.5 Å². The van der Waals surface area contributed by atoms with Crippen molar-refractivity contribution < 1.29 is 31.4 Å². The zero-order valence-electron chi connectivity index (χ0n) is 23.7. The number of hydrogen-bond acceptors (Lipinski definition) is 12. The van der Waals surface area contributed by atoms with Crippen LogP contribution < -0.4 is 20.7 Å². The van der Waals surface area contributed by atoms with Crippen molar-refractivity contribution in [3.63, 3.8) is 0 Å². The van der Waals surface area contributed by atoms with Crippen LogP contribution in [-0.2, 0) is 21.4 Å². The molecular weight excluding hydrogens is 518 g/mol. The highest BCUT2D eigenvalue weighted by molar-refractivity contribution is 7.88. The molecule has 202 valence electrons. The number of aromatic nitrogens is 5. The van der Waals surface area contributed by atoms with E-state index in [1.807, 2.05) is 5.32 Å². The lowest BCUT2D eigenvalue weighted by atomic mass is 10.2. The number of carbonyl (C=O) groups is 2. The summed E-state index contributed by atoms with van der Waals surface area (Å²) in [6, 6.07) is 2.84. The Labute approximate surface area is 222 Å². The van der Waals surface area contributed by atoms with Gasteiger partial charge in [0.05, 0.1) is 31.2 Å². The summed E-state index contributed by atoms with van der Waals surface area (Å²) in [5, 5.41) is 19.0. The van der Waals surface area contributed by atoms with Crippen molar-refractivity contribution in [3.05, 3.63) is 29.9 Å². The Morgan fingerprint density at radius 2 is 2.11 bits per heavy atom. The summed E-state index contributed by atoms with van der Waals surface area (Å²) in [5.41, 5.74) is -0.119. The fourth-order valence-corrected chi connectivity index (χ4v) is 3.68. The Bertz CT molecular complexity index is 1560. The first kappa shape index (κ1) is 23.0. The number of nitrogens with one attached hydrogen (secondary N) is 3. The normalized spacial score (nSPS) is 14.8. The summed E-state index contributed by atoms with van der Waals surface area (Å²) in [6.07, 6.45) is 4.68. The van der Waals surface area contributed by atoms with E-state index in [-0.39, 0.29) is 52.9 Å². The first-order valence-electron chi connectivity index (χ1n) is 12.8. The van der Waals surface area contributed by atoms with Gasteiger partial charge in [0.1, 0.15) is 0 Å². The number of hydrogen-bond donors (Lipinski definition) is 3. The first-order valence-corrected chi connectivity index (χ1v) is 13.1. The zero-order valence-corrected chi connectivity index (χ0v) is 21.5. The van der Waals surface area contributed by atoms with E-state index in [1.54, 1.807) is 0 Å². The van der Waals surface area contributed by atoms with E-state index in [2.05, 4.69) is 36.0 Å². The summed E-state index contributed by atoms with van der Waals surface area (Å²) >= 11 is 0. The smallest absolute Gasteiger partial charge is 0.273 e. The second kappa shape index (κ2) is 11.1. The van der Waals surface area contributed by atoms with E-state index in [9.17, 15) is 18.0 Å². The zero-order chi connectivity index (χ0) is 29.9. The van der Waals surface area contributed by atoms with Crippen LogP contribution in [0.1, 0.15) is 39.8 Å². The first-order chi connectivity index (χ1) is 19.2. The minimum absolute atomic E-state index is 0.0230. The number of amides is 2. The van der Waals surface area contributed by atoms with Crippen LogP contribution >= 0.6 is 0 Å². The van der Waals surface area contributed by atoms with E-state index in [0.717, 1.165) is 23.4 Å². The average Bonchev–Trinajstić information content (AvgIpc) is 3.56. The third-order valence-electron chi connectivity index (χ3n) is 5.56. The molecule has 0 aliphatic heterocycles. The standard InChI is InChI=1S/C22H27N9O6S/c1-23-22(33)18-14(10-15(28-29-18)26-16(32)9-12-5-6-12)25-21-19(36-3)13(7-8-24-21)20-27-17(37-30-20)11-31(2)38(4,34)35/h7-8,10,12H,5-6,9,11H2,1-4H3,(H,23,33)(H2,24,25,26,28,32)/i1D3. The fraction of sp³-hybridized carbons (Fsp3) is 0.409. The number of methoxy groups -OCH3 is 1. The summed E-state index contributed by atoms with van der Waals surface area (Å²) in [4.78, 5) is 33.5. The monoisotopic (exact) mass is 548 g/mol. The van der Waals surface area contributed by atoms with Gasteiger partial charge in [-0.15, -0.1) is 10.2 Å². The van der Waals surface area contributed by atoms with Crippen LogP contribution in [0.15, 0.2) is 22.9 Å². The van der Waals surface area contributed by atoms with Crippen LogP contribution in [0.2, 0.25) is 0 Å². The van der Waals surface area contributed by atoms with Gasteiger partial charge in [0.2, 0.25) is 27.6 Å². The van der Waals surface area contributed by atoms with Crippen molar-refractivity contribution in [2.75, 3.05) is 38.0 Å². The summed E-state index contributed by atoms with van der Waals surface area (Å²) < 4.78 is 57.3. The van der Waals surface area contributed by atoms with Gasteiger partial charge in [0.15, 0.2) is 23.1 Å². The van der Waals surface area contributed by atoms with Crippen molar-refractivity contribution in [2.24, 2.45) is 5.92 Å². The molecule has 0 spiro atoms. The minimum Gasteiger partial charge on any atom is -0.492 e. The number of anilines is 3. The average molecular weight is 549 g/mol. The summed E-state index contributed by atoms with van der Waals surface area (Å²) in [7, 11) is -0.783. The topological polar surface area (TPSA) is 194 Å². The van der Waals surface area contributed by atoms with Crippen LogP contribution in [0.3, 0.4) is 0 Å². The molecule has 15 nitrogen and oxygen atoms in total. The third kappa shape index (κ3) is 6.38. The molecule has 16 heteroatoms. The van der Waals surface area contributed by atoms with Crippen molar-refractivity contribution in [3.8, 4) is 17.1 Å². The molecular formula is C22H27N9O6S. The molecule has 0 bridgehead atoms. The van der Waals surface area contributed by atoms with Crippen molar-refractivity contribution in [2.45, 2.75) is 25.8 Å². The van der Waals surface area contributed by atoms with Gasteiger partial charge in [-0.3, -0.25) is 9.59 Å². The Morgan fingerprint density at radius 1 is 1.32 bits per heavy atom. The van der Waals surface area contributed by atoms with Crippen LogP contribution in [0.5, 0.6) is 5.75 Å². The molecule has 0 aromatic carbocycles. The molecule has 1 aliphatic carbocycles. The van der Waals surface area contributed by atoms with Crippen LogP contribution in [0.4, 0.5) is 17.3 Å². The fourth-order valence-electron chi connectivity index (χ4n) is 3.34. The summed E-state index contributed by atoms with van der Waals surface area (Å²) in [6.45, 7) is -2.96. The van der Waals surface area contributed by atoms with E-state index in [0.29, 0.717) is 17.9 Å². The highest BCUT2D eigenvalue weighted by atomic mass is 32.2.